The second kappa shape index (κ2) is 7.51. The smallest absolute Gasteiger partial charge is 0.256 e. The Kier molecular flexibility index (Phi) is 5.16. The van der Waals surface area contributed by atoms with Gasteiger partial charge in [-0.25, -0.2) is 9.97 Å². The van der Waals surface area contributed by atoms with Gasteiger partial charge in [-0.05, 0) is 43.4 Å². The van der Waals surface area contributed by atoms with Crippen LogP contribution in [-0.4, -0.2) is 41.0 Å². The monoisotopic (exact) mass is 340 g/mol. The molecule has 3 rings (SSSR count). The highest BCUT2D eigenvalue weighted by atomic mass is 16.5. The maximum absolute atomic E-state index is 12.5. The Morgan fingerprint density at radius 1 is 1.24 bits per heavy atom. The lowest BCUT2D eigenvalue weighted by Crippen LogP contribution is -2.38. The fourth-order valence-electron chi connectivity index (χ4n) is 2.94. The Morgan fingerprint density at radius 2 is 1.92 bits per heavy atom. The maximum atomic E-state index is 12.5. The molecule has 0 unspecified atom stereocenters. The number of carbonyl (C=O) groups is 1. The number of rotatable bonds is 4. The second-order valence-electron chi connectivity index (χ2n) is 6.60. The molecule has 25 heavy (non-hydrogen) atoms. The summed E-state index contributed by atoms with van der Waals surface area (Å²) < 4.78 is 5.34. The highest BCUT2D eigenvalue weighted by molar-refractivity contribution is 5.93. The summed E-state index contributed by atoms with van der Waals surface area (Å²) >= 11 is 0. The number of ether oxygens (including phenoxy) is 1. The number of hydrogen-bond acceptors (Lipinski definition) is 5. The van der Waals surface area contributed by atoms with Gasteiger partial charge in [-0.15, -0.1) is 0 Å². The number of nitrogens with zero attached hydrogens (tertiary/aromatic N) is 3. The number of amides is 1. The molecule has 132 valence electrons. The van der Waals surface area contributed by atoms with E-state index in [1.54, 1.807) is 19.5 Å². The van der Waals surface area contributed by atoms with Gasteiger partial charge in [0.15, 0.2) is 0 Å². The summed E-state index contributed by atoms with van der Waals surface area (Å²) in [6, 6.07) is 5.84. The van der Waals surface area contributed by atoms with Crippen molar-refractivity contribution in [2.75, 3.05) is 25.5 Å². The standard InChI is InChI=1S/C19H24N4O2/c1-13-6-8-23(9-7-13)18(24)15-11-20-19(21-12-15)22-16-10-14(2)4-5-17(16)25-3/h4-5,10-13H,6-9H2,1-3H3,(H,20,21,22). The van der Waals surface area contributed by atoms with E-state index in [0.717, 1.165) is 42.9 Å². The molecule has 0 bridgehead atoms. The molecule has 0 radical (unpaired) electrons. The van der Waals surface area contributed by atoms with E-state index in [9.17, 15) is 4.79 Å². The summed E-state index contributed by atoms with van der Waals surface area (Å²) in [5.41, 5.74) is 2.43. The minimum atomic E-state index is 0.00610. The average Bonchev–Trinajstić information content (AvgIpc) is 2.63. The second-order valence-corrected chi connectivity index (χ2v) is 6.60. The first kappa shape index (κ1) is 17.2. The molecule has 0 aliphatic carbocycles. The van der Waals surface area contributed by atoms with E-state index in [2.05, 4.69) is 22.2 Å². The molecule has 1 fully saturated rings. The zero-order valence-corrected chi connectivity index (χ0v) is 15.0. The van der Waals surface area contributed by atoms with Crippen molar-refractivity contribution in [3.05, 3.63) is 41.7 Å². The summed E-state index contributed by atoms with van der Waals surface area (Å²) in [6.07, 6.45) is 5.27. The molecule has 1 aliphatic rings. The number of hydrogen-bond donors (Lipinski definition) is 1. The van der Waals surface area contributed by atoms with E-state index in [4.69, 9.17) is 4.74 Å². The molecule has 6 nitrogen and oxygen atoms in total. The van der Waals surface area contributed by atoms with Crippen molar-refractivity contribution in [3.63, 3.8) is 0 Å². The lowest BCUT2D eigenvalue weighted by molar-refractivity contribution is 0.0696. The van der Waals surface area contributed by atoms with Crippen LogP contribution in [0.4, 0.5) is 11.6 Å². The third-order valence-corrected chi connectivity index (χ3v) is 4.57. The van der Waals surface area contributed by atoms with Gasteiger partial charge in [0.1, 0.15) is 5.75 Å². The number of benzene rings is 1. The van der Waals surface area contributed by atoms with Gasteiger partial charge in [0.25, 0.3) is 5.91 Å². The third-order valence-electron chi connectivity index (χ3n) is 4.57. The van der Waals surface area contributed by atoms with Crippen molar-refractivity contribution in [2.45, 2.75) is 26.7 Å². The molecule has 2 aromatic rings. The summed E-state index contributed by atoms with van der Waals surface area (Å²) in [5.74, 6) is 1.85. The maximum Gasteiger partial charge on any atom is 0.256 e. The molecular weight excluding hydrogens is 316 g/mol. The lowest BCUT2D eigenvalue weighted by atomic mass is 9.99. The Bertz CT molecular complexity index is 738. The SMILES string of the molecule is COc1ccc(C)cc1Nc1ncc(C(=O)N2CCC(C)CC2)cn1. The number of aromatic nitrogens is 2. The van der Waals surface area contributed by atoms with Crippen molar-refractivity contribution < 1.29 is 9.53 Å². The van der Waals surface area contributed by atoms with Gasteiger partial charge >= 0.3 is 0 Å². The third kappa shape index (κ3) is 4.07. The van der Waals surface area contributed by atoms with Gasteiger partial charge in [0, 0.05) is 25.5 Å². The number of nitrogens with one attached hydrogen (secondary N) is 1. The van der Waals surface area contributed by atoms with Crippen LogP contribution in [0, 0.1) is 12.8 Å². The number of anilines is 2. The van der Waals surface area contributed by atoms with Crippen LogP contribution in [0.1, 0.15) is 35.7 Å². The van der Waals surface area contributed by atoms with E-state index in [-0.39, 0.29) is 5.91 Å². The molecule has 1 N–H and O–H groups in total. The summed E-state index contributed by atoms with van der Waals surface area (Å²) in [6.45, 7) is 5.85. The van der Waals surface area contributed by atoms with Crippen LogP contribution in [0.3, 0.4) is 0 Å². The lowest BCUT2D eigenvalue weighted by Gasteiger charge is -2.30. The Morgan fingerprint density at radius 3 is 2.56 bits per heavy atom. The number of aryl methyl sites for hydroxylation is 1. The predicted molar refractivity (Wildman–Crippen MR) is 97.3 cm³/mol. The van der Waals surface area contributed by atoms with E-state index in [1.165, 1.54) is 0 Å². The first-order chi connectivity index (χ1) is 12.1. The van der Waals surface area contributed by atoms with Crippen molar-refractivity contribution in [1.82, 2.24) is 14.9 Å². The molecule has 1 aromatic carbocycles. The number of carbonyl (C=O) groups excluding carboxylic acids is 1. The first-order valence-electron chi connectivity index (χ1n) is 8.60. The molecule has 1 aliphatic heterocycles. The van der Waals surface area contributed by atoms with Crippen LogP contribution in [0.5, 0.6) is 5.75 Å². The van der Waals surface area contributed by atoms with Crippen molar-refractivity contribution in [3.8, 4) is 5.75 Å². The molecule has 0 atom stereocenters. The van der Waals surface area contributed by atoms with Gasteiger partial charge < -0.3 is 15.0 Å². The number of likely N-dealkylation sites (tertiary alicyclic amines) is 1. The topological polar surface area (TPSA) is 67.3 Å². The summed E-state index contributed by atoms with van der Waals surface area (Å²) in [5, 5.41) is 3.14. The van der Waals surface area contributed by atoms with Crippen molar-refractivity contribution in [1.29, 1.82) is 0 Å². The van der Waals surface area contributed by atoms with E-state index < -0.39 is 0 Å². The van der Waals surface area contributed by atoms with Gasteiger partial charge in [-0.1, -0.05) is 13.0 Å². The highest BCUT2D eigenvalue weighted by Gasteiger charge is 2.21. The van der Waals surface area contributed by atoms with E-state index in [1.807, 2.05) is 30.0 Å². The van der Waals surface area contributed by atoms with E-state index in [0.29, 0.717) is 17.4 Å². The fourth-order valence-corrected chi connectivity index (χ4v) is 2.94. The first-order valence-corrected chi connectivity index (χ1v) is 8.60. The molecule has 2 heterocycles. The molecule has 0 spiro atoms. The number of piperidine rings is 1. The van der Waals surface area contributed by atoms with Crippen LogP contribution in [0.2, 0.25) is 0 Å². The summed E-state index contributed by atoms with van der Waals surface area (Å²) in [4.78, 5) is 23.0. The highest BCUT2D eigenvalue weighted by Crippen LogP contribution is 2.27. The molecule has 0 saturated carbocycles. The van der Waals surface area contributed by atoms with Gasteiger partial charge in [0.05, 0.1) is 18.4 Å². The van der Waals surface area contributed by atoms with Gasteiger partial charge in [-0.2, -0.15) is 0 Å². The van der Waals surface area contributed by atoms with Crippen LogP contribution >= 0.6 is 0 Å². The van der Waals surface area contributed by atoms with Crippen LogP contribution in [0.25, 0.3) is 0 Å². The quantitative estimate of drug-likeness (QED) is 0.924. The fraction of sp³-hybridized carbons (Fsp3) is 0.421. The molecule has 1 saturated heterocycles. The Labute approximate surface area is 148 Å². The van der Waals surface area contributed by atoms with Crippen LogP contribution in [-0.2, 0) is 0 Å². The van der Waals surface area contributed by atoms with Gasteiger partial charge in [0.2, 0.25) is 5.95 Å². The van der Waals surface area contributed by atoms with Gasteiger partial charge in [-0.3, -0.25) is 4.79 Å². The molecular formula is C19H24N4O2. The Balaban J connectivity index is 1.70. The number of methoxy groups -OCH3 is 1. The minimum absolute atomic E-state index is 0.00610. The minimum Gasteiger partial charge on any atom is -0.495 e. The van der Waals surface area contributed by atoms with Crippen molar-refractivity contribution >= 4 is 17.5 Å². The van der Waals surface area contributed by atoms with Crippen molar-refractivity contribution in [2.24, 2.45) is 5.92 Å². The predicted octanol–water partition coefficient (Wildman–Crippen LogP) is 3.41. The average molecular weight is 340 g/mol. The Hall–Kier alpha value is -2.63. The largest absolute Gasteiger partial charge is 0.495 e. The molecule has 1 amide bonds. The van der Waals surface area contributed by atoms with E-state index >= 15 is 0 Å². The van der Waals surface area contributed by atoms with Crippen LogP contribution < -0.4 is 10.1 Å². The zero-order chi connectivity index (χ0) is 17.8. The summed E-state index contributed by atoms with van der Waals surface area (Å²) in [7, 11) is 1.62. The zero-order valence-electron chi connectivity index (χ0n) is 15.0. The van der Waals surface area contributed by atoms with Crippen LogP contribution in [0.15, 0.2) is 30.6 Å². The molecule has 6 heteroatoms. The molecule has 1 aromatic heterocycles. The normalized spacial score (nSPS) is 15.1.